The first-order valence-electron chi connectivity index (χ1n) is 6.04. The highest BCUT2D eigenvalue weighted by molar-refractivity contribution is 9.10. The number of halogens is 2. The van der Waals surface area contributed by atoms with Gasteiger partial charge in [0.1, 0.15) is 17.3 Å². The zero-order chi connectivity index (χ0) is 16.0. The average Bonchev–Trinajstić information content (AvgIpc) is 2.36. The molecule has 0 fully saturated rings. The van der Waals surface area contributed by atoms with E-state index in [-0.39, 0.29) is 23.2 Å². The van der Waals surface area contributed by atoms with Gasteiger partial charge in [0.15, 0.2) is 0 Å². The van der Waals surface area contributed by atoms with Crippen LogP contribution in [-0.4, -0.2) is 34.2 Å². The van der Waals surface area contributed by atoms with Crippen LogP contribution in [0.2, 0.25) is 0 Å². The zero-order valence-electron chi connectivity index (χ0n) is 11.3. The molecule has 9 heteroatoms. The van der Waals surface area contributed by atoms with E-state index in [1.807, 2.05) is 6.92 Å². The van der Waals surface area contributed by atoms with Crippen molar-refractivity contribution in [2.45, 2.75) is 18.2 Å². The monoisotopic (exact) mass is 383 g/mol. The van der Waals surface area contributed by atoms with Crippen molar-refractivity contribution in [1.82, 2.24) is 0 Å². The van der Waals surface area contributed by atoms with Crippen LogP contribution in [0.3, 0.4) is 0 Å². The molecule has 0 bridgehead atoms. The van der Waals surface area contributed by atoms with Crippen molar-refractivity contribution < 1.29 is 27.1 Å². The molecule has 118 valence electrons. The number of carbonyl (C=O) groups is 1. The van der Waals surface area contributed by atoms with Crippen molar-refractivity contribution in [3.8, 4) is 0 Å². The van der Waals surface area contributed by atoms with Crippen molar-refractivity contribution in [1.29, 1.82) is 0 Å². The first kappa shape index (κ1) is 18.0. The molecule has 0 aliphatic heterocycles. The lowest BCUT2D eigenvalue weighted by Gasteiger charge is -2.09. The van der Waals surface area contributed by atoms with Crippen LogP contribution < -0.4 is 5.14 Å². The largest absolute Gasteiger partial charge is 0.460 e. The van der Waals surface area contributed by atoms with Gasteiger partial charge in [-0.3, -0.25) is 0 Å². The molecule has 0 aliphatic rings. The van der Waals surface area contributed by atoms with Crippen molar-refractivity contribution in [2.75, 3.05) is 19.8 Å². The van der Waals surface area contributed by atoms with Crippen LogP contribution in [0.5, 0.6) is 0 Å². The van der Waals surface area contributed by atoms with E-state index >= 15 is 0 Å². The van der Waals surface area contributed by atoms with E-state index in [4.69, 9.17) is 14.6 Å². The zero-order valence-corrected chi connectivity index (χ0v) is 13.7. The van der Waals surface area contributed by atoms with Gasteiger partial charge in [0.25, 0.3) is 0 Å². The first-order chi connectivity index (χ1) is 9.77. The van der Waals surface area contributed by atoms with E-state index < -0.39 is 26.7 Å². The SMILES string of the molecule is CCCOCCOC(=O)c1cc(S(N)(=O)=O)c(F)cc1Br. The number of hydrogen-bond acceptors (Lipinski definition) is 5. The maximum Gasteiger partial charge on any atom is 0.339 e. The summed E-state index contributed by atoms with van der Waals surface area (Å²) >= 11 is 2.97. The van der Waals surface area contributed by atoms with E-state index in [1.54, 1.807) is 0 Å². The summed E-state index contributed by atoms with van der Waals surface area (Å²) in [6, 6.07) is 1.69. The summed E-state index contributed by atoms with van der Waals surface area (Å²) < 4.78 is 46.1. The molecular weight excluding hydrogens is 369 g/mol. The predicted molar refractivity (Wildman–Crippen MR) is 76.9 cm³/mol. The van der Waals surface area contributed by atoms with Crippen LogP contribution in [-0.2, 0) is 19.5 Å². The van der Waals surface area contributed by atoms with Gasteiger partial charge in [-0.2, -0.15) is 0 Å². The molecule has 0 radical (unpaired) electrons. The van der Waals surface area contributed by atoms with E-state index in [1.165, 1.54) is 0 Å². The lowest BCUT2D eigenvalue weighted by Crippen LogP contribution is -2.17. The Morgan fingerprint density at radius 3 is 2.57 bits per heavy atom. The Kier molecular flexibility index (Phi) is 6.72. The highest BCUT2D eigenvalue weighted by atomic mass is 79.9. The fraction of sp³-hybridized carbons (Fsp3) is 0.417. The highest BCUT2D eigenvalue weighted by Crippen LogP contribution is 2.24. The molecule has 1 aromatic rings. The molecule has 0 aliphatic carbocycles. The van der Waals surface area contributed by atoms with E-state index in [9.17, 15) is 17.6 Å². The Labute approximate surface area is 130 Å². The molecule has 0 saturated carbocycles. The summed E-state index contributed by atoms with van der Waals surface area (Å²) in [5, 5.41) is 4.88. The summed E-state index contributed by atoms with van der Waals surface area (Å²) in [6.45, 7) is 2.72. The van der Waals surface area contributed by atoms with Crippen molar-refractivity contribution in [3.05, 3.63) is 28.0 Å². The molecule has 6 nitrogen and oxygen atoms in total. The molecule has 0 spiro atoms. The van der Waals surface area contributed by atoms with Gasteiger partial charge in [-0.25, -0.2) is 22.7 Å². The Morgan fingerprint density at radius 2 is 2.00 bits per heavy atom. The maximum absolute atomic E-state index is 13.5. The van der Waals surface area contributed by atoms with Crippen LogP contribution >= 0.6 is 15.9 Å². The molecule has 2 N–H and O–H groups in total. The van der Waals surface area contributed by atoms with Gasteiger partial charge in [0, 0.05) is 11.1 Å². The minimum absolute atomic E-state index is 0.00730. The number of nitrogens with two attached hydrogens (primary N) is 1. The number of sulfonamides is 1. The summed E-state index contributed by atoms with van der Waals surface area (Å²) in [5.74, 6) is -1.85. The number of primary sulfonamides is 1. The van der Waals surface area contributed by atoms with Crippen LogP contribution in [0.1, 0.15) is 23.7 Å². The van der Waals surface area contributed by atoms with Gasteiger partial charge in [-0.1, -0.05) is 6.92 Å². The molecule has 1 rings (SSSR count). The molecule has 0 atom stereocenters. The van der Waals surface area contributed by atoms with Gasteiger partial charge in [-0.05, 0) is 34.5 Å². The van der Waals surface area contributed by atoms with Crippen molar-refractivity contribution >= 4 is 31.9 Å². The molecule has 1 aromatic carbocycles. The third-order valence-corrected chi connectivity index (χ3v) is 3.94. The molecule has 0 heterocycles. The maximum atomic E-state index is 13.5. The second-order valence-corrected chi connectivity index (χ2v) is 6.44. The van der Waals surface area contributed by atoms with Crippen LogP contribution in [0.4, 0.5) is 4.39 Å². The standard InChI is InChI=1S/C12H15BrFNO5S/c1-2-3-19-4-5-20-12(16)8-6-11(21(15,17)18)10(14)7-9(8)13/h6-7H,2-5H2,1H3,(H2,15,17,18). The minimum Gasteiger partial charge on any atom is -0.460 e. The molecular formula is C12H15BrFNO5S. The Balaban J connectivity index is 2.85. The lowest BCUT2D eigenvalue weighted by atomic mass is 10.2. The molecule has 0 saturated heterocycles. The van der Waals surface area contributed by atoms with Crippen molar-refractivity contribution in [2.24, 2.45) is 5.14 Å². The number of rotatable bonds is 7. The van der Waals surface area contributed by atoms with Gasteiger partial charge in [0.05, 0.1) is 12.2 Å². The molecule has 0 unspecified atom stereocenters. The van der Waals surface area contributed by atoms with Gasteiger partial charge < -0.3 is 9.47 Å². The number of carbonyl (C=O) groups excluding carboxylic acids is 1. The number of hydrogen-bond donors (Lipinski definition) is 1. The second kappa shape index (κ2) is 7.83. The van der Waals surface area contributed by atoms with Crippen molar-refractivity contribution in [3.63, 3.8) is 0 Å². The van der Waals surface area contributed by atoms with Gasteiger partial charge in [0.2, 0.25) is 10.0 Å². The Bertz CT molecular complexity index is 620. The molecule has 21 heavy (non-hydrogen) atoms. The van der Waals surface area contributed by atoms with Gasteiger partial charge in [-0.15, -0.1) is 0 Å². The summed E-state index contributed by atoms with van der Waals surface area (Å²) in [6.07, 6.45) is 0.842. The number of benzene rings is 1. The third-order valence-electron chi connectivity index (χ3n) is 2.36. The first-order valence-corrected chi connectivity index (χ1v) is 8.38. The van der Waals surface area contributed by atoms with Crippen LogP contribution in [0.15, 0.2) is 21.5 Å². The number of ether oxygens (including phenoxy) is 2. The van der Waals surface area contributed by atoms with Gasteiger partial charge >= 0.3 is 5.97 Å². The summed E-state index contributed by atoms with van der Waals surface area (Å²) in [4.78, 5) is 11.1. The van der Waals surface area contributed by atoms with E-state index in [2.05, 4.69) is 15.9 Å². The topological polar surface area (TPSA) is 95.7 Å². The highest BCUT2D eigenvalue weighted by Gasteiger charge is 2.21. The Morgan fingerprint density at radius 1 is 1.33 bits per heavy atom. The molecule has 0 amide bonds. The molecule has 0 aromatic heterocycles. The van der Waals surface area contributed by atoms with E-state index in [0.29, 0.717) is 6.61 Å². The smallest absolute Gasteiger partial charge is 0.339 e. The summed E-state index contributed by atoms with van der Waals surface area (Å²) in [7, 11) is -4.27. The quantitative estimate of drug-likeness (QED) is 0.572. The van der Waals surface area contributed by atoms with Crippen LogP contribution in [0.25, 0.3) is 0 Å². The fourth-order valence-electron chi connectivity index (χ4n) is 1.42. The number of esters is 1. The lowest BCUT2D eigenvalue weighted by molar-refractivity contribution is 0.0317. The Hall–Kier alpha value is -1.03. The predicted octanol–water partition coefficient (Wildman–Crippen LogP) is 1.82. The van der Waals surface area contributed by atoms with Crippen LogP contribution in [0, 0.1) is 5.82 Å². The summed E-state index contributed by atoms with van der Waals surface area (Å²) in [5.41, 5.74) is -0.129. The average molecular weight is 384 g/mol. The van der Waals surface area contributed by atoms with E-state index in [0.717, 1.165) is 18.6 Å². The normalized spacial score (nSPS) is 11.4. The third kappa shape index (κ3) is 5.34. The minimum atomic E-state index is -4.27. The second-order valence-electron chi connectivity index (χ2n) is 4.06. The fourth-order valence-corrected chi connectivity index (χ4v) is 2.51.